The van der Waals surface area contributed by atoms with E-state index in [1.54, 1.807) is 30.3 Å². The van der Waals surface area contributed by atoms with Crippen LogP contribution in [0.15, 0.2) is 85.1 Å². The number of rotatable bonds is 6. The van der Waals surface area contributed by atoms with Gasteiger partial charge in [0.25, 0.3) is 5.91 Å². The van der Waals surface area contributed by atoms with Gasteiger partial charge in [0.1, 0.15) is 11.4 Å². The molecule has 0 radical (unpaired) electrons. The van der Waals surface area contributed by atoms with Crippen molar-refractivity contribution in [3.63, 3.8) is 0 Å². The zero-order valence-electron chi connectivity index (χ0n) is 20.0. The Morgan fingerprint density at radius 2 is 1.50 bits per heavy atom. The highest BCUT2D eigenvalue weighted by atomic mass is 35.5. The molecule has 1 atom stereocenters. The van der Waals surface area contributed by atoms with Crippen LogP contribution in [0.5, 0.6) is 0 Å². The largest absolute Gasteiger partial charge is 0.419 e. The Hall–Kier alpha value is -3.63. The first-order valence-electron chi connectivity index (χ1n) is 11.4. The lowest BCUT2D eigenvalue weighted by molar-refractivity contribution is -0.140. The predicted molar refractivity (Wildman–Crippen MR) is 135 cm³/mol. The number of nitrogens with zero attached hydrogens (tertiary/aromatic N) is 1. The number of pyridine rings is 1. The minimum Gasteiger partial charge on any atom is -0.336 e. The Bertz CT molecular complexity index is 1520. The highest BCUT2D eigenvalue weighted by molar-refractivity contribution is 6.31. The van der Waals surface area contributed by atoms with Crippen molar-refractivity contribution in [2.45, 2.75) is 24.3 Å². The highest BCUT2D eigenvalue weighted by Gasteiger charge is 2.42. The third-order valence-corrected chi connectivity index (χ3v) is 6.64. The van der Waals surface area contributed by atoms with E-state index in [2.05, 4.69) is 10.3 Å². The standard InChI is InChI=1S/C28H17Cl2F7N2O/c29-19-8-11-24(38-15-19)26(14-16-4-2-1-3-5-16,20-13-18(27(32,33)34)7-9-22(20)30)39-25(40)17-6-10-23(31)21(12-17)28(35,36)37/h1-13,15H,14H2,(H,39,40). The Balaban J connectivity index is 1.99. The summed E-state index contributed by atoms with van der Waals surface area (Å²) in [6.45, 7) is 0. The molecule has 0 aliphatic rings. The van der Waals surface area contributed by atoms with Crippen LogP contribution in [-0.2, 0) is 24.3 Å². The molecule has 3 nitrogen and oxygen atoms in total. The van der Waals surface area contributed by atoms with Crippen LogP contribution >= 0.6 is 23.2 Å². The number of alkyl halides is 6. The van der Waals surface area contributed by atoms with Crippen molar-refractivity contribution in [2.24, 2.45) is 0 Å². The van der Waals surface area contributed by atoms with Crippen LogP contribution < -0.4 is 5.32 Å². The number of hydrogen-bond donors (Lipinski definition) is 1. The van der Waals surface area contributed by atoms with Gasteiger partial charge in [-0.25, -0.2) is 4.39 Å². The third kappa shape index (κ3) is 6.23. The summed E-state index contributed by atoms with van der Waals surface area (Å²) in [5.74, 6) is -2.74. The van der Waals surface area contributed by atoms with E-state index < -0.39 is 46.3 Å². The molecule has 1 N–H and O–H groups in total. The average Bonchev–Trinajstić information content (AvgIpc) is 2.88. The number of carbonyl (C=O) groups is 1. The van der Waals surface area contributed by atoms with Crippen molar-refractivity contribution < 1.29 is 35.5 Å². The lowest BCUT2D eigenvalue weighted by Gasteiger charge is -2.36. The van der Waals surface area contributed by atoms with Crippen molar-refractivity contribution in [1.29, 1.82) is 0 Å². The molecule has 4 rings (SSSR count). The topological polar surface area (TPSA) is 42.0 Å². The van der Waals surface area contributed by atoms with E-state index >= 15 is 0 Å². The van der Waals surface area contributed by atoms with Crippen LogP contribution in [-0.4, -0.2) is 10.9 Å². The number of nitrogens with one attached hydrogen (secondary N) is 1. The summed E-state index contributed by atoms with van der Waals surface area (Å²) in [5, 5.41) is 2.57. The van der Waals surface area contributed by atoms with Gasteiger partial charge in [0.15, 0.2) is 0 Å². The zero-order valence-corrected chi connectivity index (χ0v) is 21.6. The molecule has 1 unspecified atom stereocenters. The molecule has 0 fully saturated rings. The smallest absolute Gasteiger partial charge is 0.336 e. The fourth-order valence-electron chi connectivity index (χ4n) is 4.21. The Morgan fingerprint density at radius 1 is 0.800 bits per heavy atom. The third-order valence-electron chi connectivity index (χ3n) is 6.09. The highest BCUT2D eigenvalue weighted by Crippen LogP contribution is 2.41. The summed E-state index contributed by atoms with van der Waals surface area (Å²) >= 11 is 12.4. The quantitative estimate of drug-likeness (QED) is 0.225. The molecule has 0 aliphatic carbocycles. The molecule has 1 heterocycles. The van der Waals surface area contributed by atoms with Crippen molar-refractivity contribution >= 4 is 29.1 Å². The van der Waals surface area contributed by atoms with Crippen LogP contribution in [0, 0.1) is 5.82 Å². The molecule has 1 aromatic heterocycles. The van der Waals surface area contributed by atoms with Gasteiger partial charge < -0.3 is 5.32 Å². The normalized spacial score (nSPS) is 13.5. The van der Waals surface area contributed by atoms with E-state index in [1.807, 2.05) is 0 Å². The molecule has 1 amide bonds. The number of carbonyl (C=O) groups excluding carboxylic acids is 1. The number of benzene rings is 3. The van der Waals surface area contributed by atoms with Crippen LogP contribution in [0.3, 0.4) is 0 Å². The molecule has 12 heteroatoms. The maximum atomic E-state index is 13.9. The van der Waals surface area contributed by atoms with Crippen molar-refractivity contribution in [2.75, 3.05) is 0 Å². The molecule has 0 bridgehead atoms. The summed E-state index contributed by atoms with van der Waals surface area (Å²) in [6, 6.07) is 15.1. The van der Waals surface area contributed by atoms with Gasteiger partial charge in [-0.3, -0.25) is 9.78 Å². The second-order valence-corrected chi connectivity index (χ2v) is 9.61. The first kappa shape index (κ1) is 29.4. The Labute approximate surface area is 233 Å². The SMILES string of the molecule is O=C(NC(Cc1ccccc1)(c1ccc(Cl)cn1)c1cc(C(F)(F)F)ccc1Cl)c1ccc(F)c(C(F)(F)F)c1. The number of aromatic nitrogens is 1. The van der Waals surface area contributed by atoms with Crippen LogP contribution in [0.4, 0.5) is 30.7 Å². The second-order valence-electron chi connectivity index (χ2n) is 8.77. The fraction of sp³-hybridized carbons (Fsp3) is 0.143. The summed E-state index contributed by atoms with van der Waals surface area (Å²) in [6.07, 6.45) is -8.93. The Kier molecular flexibility index (Phi) is 8.14. The van der Waals surface area contributed by atoms with Gasteiger partial charge in [-0.2, -0.15) is 26.3 Å². The van der Waals surface area contributed by atoms with Crippen LogP contribution in [0.1, 0.15) is 38.3 Å². The molecule has 0 spiro atoms. The van der Waals surface area contributed by atoms with Gasteiger partial charge in [0.05, 0.1) is 21.8 Å². The molecule has 0 saturated heterocycles. The zero-order chi connectivity index (χ0) is 29.3. The minimum absolute atomic E-state index is 0.00603. The van der Waals surface area contributed by atoms with Crippen LogP contribution in [0.2, 0.25) is 10.0 Å². The summed E-state index contributed by atoms with van der Waals surface area (Å²) in [7, 11) is 0. The van der Waals surface area contributed by atoms with Crippen molar-refractivity contribution in [3.8, 4) is 0 Å². The monoisotopic (exact) mass is 600 g/mol. The molecule has 0 aliphatic heterocycles. The molecule has 4 aromatic rings. The minimum atomic E-state index is -5.11. The predicted octanol–water partition coefficient (Wildman–Crippen LogP) is 8.48. The van der Waals surface area contributed by atoms with E-state index in [1.165, 1.54) is 18.3 Å². The van der Waals surface area contributed by atoms with E-state index in [-0.39, 0.29) is 27.7 Å². The maximum absolute atomic E-state index is 13.9. The molecular weight excluding hydrogens is 584 g/mol. The lowest BCUT2D eigenvalue weighted by Crippen LogP contribution is -2.49. The van der Waals surface area contributed by atoms with Gasteiger partial charge in [-0.15, -0.1) is 0 Å². The average molecular weight is 601 g/mol. The first-order valence-corrected chi connectivity index (χ1v) is 12.2. The van der Waals surface area contributed by atoms with Crippen molar-refractivity contribution in [3.05, 3.63) is 134 Å². The summed E-state index contributed by atoms with van der Waals surface area (Å²) in [4.78, 5) is 17.8. The van der Waals surface area contributed by atoms with Gasteiger partial charge in [-0.05, 0) is 54.1 Å². The van der Waals surface area contributed by atoms with E-state index in [9.17, 15) is 35.5 Å². The molecule has 40 heavy (non-hydrogen) atoms. The fourth-order valence-corrected chi connectivity index (χ4v) is 4.60. The van der Waals surface area contributed by atoms with Gasteiger partial charge >= 0.3 is 12.4 Å². The lowest BCUT2D eigenvalue weighted by atomic mass is 9.79. The summed E-state index contributed by atoms with van der Waals surface area (Å²) in [5.41, 5.74) is -5.04. The number of halogens is 9. The van der Waals surface area contributed by atoms with E-state index in [0.717, 1.165) is 24.3 Å². The number of amides is 1. The molecule has 0 saturated carbocycles. The first-order chi connectivity index (χ1) is 18.7. The van der Waals surface area contributed by atoms with Crippen LogP contribution in [0.25, 0.3) is 0 Å². The van der Waals surface area contributed by atoms with Gasteiger partial charge in [0, 0.05) is 28.8 Å². The van der Waals surface area contributed by atoms with Gasteiger partial charge in [0.2, 0.25) is 0 Å². The number of hydrogen-bond acceptors (Lipinski definition) is 2. The van der Waals surface area contributed by atoms with E-state index in [4.69, 9.17) is 23.2 Å². The maximum Gasteiger partial charge on any atom is 0.419 e. The van der Waals surface area contributed by atoms with E-state index in [0.29, 0.717) is 17.7 Å². The van der Waals surface area contributed by atoms with Crippen molar-refractivity contribution in [1.82, 2.24) is 10.3 Å². The van der Waals surface area contributed by atoms with Gasteiger partial charge in [-0.1, -0.05) is 53.5 Å². The summed E-state index contributed by atoms with van der Waals surface area (Å²) < 4.78 is 95.4. The second kappa shape index (κ2) is 11.1. The molecular formula is C28H17Cl2F7N2O. The molecule has 208 valence electrons. The Morgan fingerprint density at radius 3 is 2.10 bits per heavy atom. The molecule has 3 aromatic carbocycles.